The summed E-state index contributed by atoms with van der Waals surface area (Å²) in [6.45, 7) is 7.86. The Balaban J connectivity index is 0.000000140. The molecule has 0 atom stereocenters. The predicted octanol–water partition coefficient (Wildman–Crippen LogP) is 0.776. The summed E-state index contributed by atoms with van der Waals surface area (Å²) < 4.78 is 86.5. The Morgan fingerprint density at radius 3 is 1.26 bits per heavy atom. The summed E-state index contributed by atoms with van der Waals surface area (Å²) in [6.07, 6.45) is 18.1. The van der Waals surface area contributed by atoms with Crippen molar-refractivity contribution in [2.24, 2.45) is 28.2 Å². The maximum Gasteiger partial charge on any atom is 0.368 e. The van der Waals surface area contributed by atoms with Crippen LogP contribution in [0.1, 0.15) is 46.5 Å². The van der Waals surface area contributed by atoms with Crippen LogP contribution in [0.25, 0.3) is 28.8 Å². The van der Waals surface area contributed by atoms with Crippen LogP contribution in [0.5, 0.6) is 29.5 Å². The molecule has 12 aromatic rings. The van der Waals surface area contributed by atoms with E-state index in [1.54, 1.807) is 25.1 Å². The second kappa shape index (κ2) is 25.7. The Labute approximate surface area is 473 Å². The second-order valence-corrected chi connectivity index (χ2v) is 16.5. The molecule has 0 saturated heterocycles. The molecule has 0 spiro atoms. The van der Waals surface area contributed by atoms with Crippen LogP contribution in [-0.4, -0.2) is 127 Å². The van der Waals surface area contributed by atoms with Crippen LogP contribution in [0, 0.1) is 19.3 Å². The normalized spacial score (nSPS) is 11.4. The summed E-state index contributed by atoms with van der Waals surface area (Å²) in [5.41, 5.74) is 2.14. The number of hydrogen-bond donors (Lipinski definition) is 4. The first kappa shape index (κ1) is 51.2. The molecule has 0 aliphatic heterocycles. The first-order valence-electron chi connectivity index (χ1n) is 25.9. The van der Waals surface area contributed by atoms with Crippen molar-refractivity contribution < 1.29 is 47.0 Å². The van der Waals surface area contributed by atoms with Gasteiger partial charge in [0.05, 0.1) is 28.9 Å². The summed E-state index contributed by atoms with van der Waals surface area (Å²) in [6, 6.07) is 6.18. The smallest absolute Gasteiger partial charge is 0.368 e. The van der Waals surface area contributed by atoms with Crippen LogP contribution < -0.4 is 46.4 Å². The van der Waals surface area contributed by atoms with Gasteiger partial charge in [0.15, 0.2) is 11.4 Å². The third kappa shape index (κ3) is 12.4. The maximum atomic E-state index is 12.0. The fourth-order valence-corrected chi connectivity index (χ4v) is 7.07. The molecule has 0 fully saturated rings. The van der Waals surface area contributed by atoms with Gasteiger partial charge >= 0.3 is 22.8 Å². The zero-order valence-corrected chi connectivity index (χ0v) is 44.9. The number of aromatic amines is 4. The van der Waals surface area contributed by atoms with Crippen LogP contribution in [-0.2, 0) is 54.6 Å². The van der Waals surface area contributed by atoms with Crippen molar-refractivity contribution in [3.8, 4) is 64.6 Å². The number of aromatic nitrogens is 24. The number of nitrogens with one attached hydrogen (secondary N) is 4. The fourth-order valence-electron chi connectivity index (χ4n) is 7.07. The van der Waals surface area contributed by atoms with Crippen molar-refractivity contribution in [1.82, 2.24) is 120 Å². The number of H-pyrrole nitrogens is 4. The number of hydrogen-bond acceptors (Lipinski definition) is 25. The lowest BCUT2D eigenvalue weighted by Gasteiger charge is -2.05. The highest BCUT2D eigenvalue weighted by atomic mass is 16.6. The van der Waals surface area contributed by atoms with Gasteiger partial charge in [0.25, 0.3) is 5.95 Å². The molecule has 0 radical (unpaired) electrons. The van der Waals surface area contributed by atoms with Crippen LogP contribution in [0.3, 0.4) is 0 Å². The Kier molecular flexibility index (Phi) is 15.7. The van der Waals surface area contributed by atoms with Gasteiger partial charge in [-0.15, -0.1) is 26.8 Å². The highest BCUT2D eigenvalue weighted by Crippen LogP contribution is 2.29. The maximum absolute atomic E-state index is 12.0. The van der Waals surface area contributed by atoms with E-state index >= 15 is 0 Å². The molecule has 0 aliphatic rings. The summed E-state index contributed by atoms with van der Waals surface area (Å²) in [5, 5.41) is 48.3. The van der Waals surface area contributed by atoms with E-state index in [0.717, 1.165) is 57.8 Å². The molecule has 37 nitrogen and oxygen atoms in total. The number of ether oxygens (including phenoxy) is 5. The van der Waals surface area contributed by atoms with Crippen molar-refractivity contribution in [2.75, 3.05) is 6.61 Å². The third-order valence-corrected chi connectivity index (χ3v) is 11.3. The van der Waals surface area contributed by atoms with Crippen molar-refractivity contribution >= 4 is 6.08 Å². The number of nitrogens with zero attached hydrogens (tertiary/aromatic N) is 20. The minimum atomic E-state index is -0.443. The minimum absolute atomic E-state index is 0.00535. The Bertz CT molecular complexity index is 4630. The molecule has 84 heavy (non-hydrogen) atoms. The van der Waals surface area contributed by atoms with Crippen molar-refractivity contribution in [3.63, 3.8) is 0 Å². The number of furan rings is 4. The van der Waals surface area contributed by atoms with E-state index < -0.39 is 17.1 Å². The molecule has 12 rings (SSSR count). The first-order chi connectivity index (χ1) is 42.3. The van der Waals surface area contributed by atoms with Crippen LogP contribution in [0.15, 0.2) is 118 Å². The number of rotatable bonds is 19. The average Bonchev–Trinajstić information content (AvgIpc) is 3.32. The molecule has 0 aliphatic carbocycles. The van der Waals surface area contributed by atoms with E-state index in [2.05, 4.69) is 74.6 Å². The Morgan fingerprint density at radius 2 is 0.881 bits per heavy atom. The van der Waals surface area contributed by atoms with Crippen LogP contribution in [0.4, 0.5) is 0 Å². The lowest BCUT2D eigenvalue weighted by molar-refractivity contribution is 0.237. The van der Waals surface area contributed by atoms with Gasteiger partial charge in [0.1, 0.15) is 85.8 Å². The Morgan fingerprint density at radius 1 is 0.524 bits per heavy atom. The number of terminal acetylenes is 1. The predicted molar refractivity (Wildman–Crippen MR) is 281 cm³/mol. The summed E-state index contributed by atoms with van der Waals surface area (Å²) >= 11 is 0. The molecular formula is C47H48N24O13. The standard InChI is InChI=1S/C12H14N6O4.C12H12N6O3.C12H10N6O3.C11H12N6O3/c1-3-20-11-8(6-21-10-4-5-13-14-10)9(7-22-11)18-12(19)17(2)15-16-18;2*1-3-10-8(6-21-11-4-5-13-14-11)9(7-20-10)18-12(19)17(2)15-16-18;1-7-8(5-20-10-3-4-12-13-10)9(6-19-7)17-11(18)16(2)14-15-17/h4-5,7H,3,6H2,1-2H3,(H,13,14);3-5,7H,1,6H2,2H3,(H,13,14);1,4-5,7H,6H2,2H3,(H,13,14);3-4,6H,5H2,1-2H3,(H,12,13)/i/hT4. The summed E-state index contributed by atoms with van der Waals surface area (Å²) in [7, 11) is 5.98. The van der Waals surface area contributed by atoms with E-state index in [4.69, 9.17) is 53.4 Å². The quantitative estimate of drug-likeness (QED) is 0.0813. The SMILES string of the molecule is [3H]n1ccc(OCc2c(-n3nnn(C)c3=O)coc2C#C)n1.[3H]n1ccc(OCc2c(-n3nnn(C)c3=O)coc2C)n1.[3H]n1ccc(OCc2c(-n3nnn(C)c3=O)coc2C=C)n1.[3H]n1ccc(OCc2c(-n3nnn(C)c3=O)coc2OCC)n1. The Hall–Kier alpha value is -12.3. The zero-order valence-electron chi connectivity index (χ0n) is 48.9. The van der Waals surface area contributed by atoms with Crippen LogP contribution in [0.2, 0.25) is 5.65 Å². The third-order valence-electron chi connectivity index (χ3n) is 11.3. The lowest BCUT2D eigenvalue weighted by atomic mass is 10.2. The monoisotopic (exact) mass is 1160 g/mol. The lowest BCUT2D eigenvalue weighted by Crippen LogP contribution is -2.22. The van der Waals surface area contributed by atoms with Crippen molar-refractivity contribution in [2.45, 2.75) is 40.3 Å². The van der Waals surface area contributed by atoms with E-state index in [0.29, 0.717) is 69.0 Å². The first-order valence-corrected chi connectivity index (χ1v) is 24.1. The minimum Gasteiger partial charge on any atom is -0.472 e. The number of tetrazole rings is 4. The molecule has 0 aromatic carbocycles. The molecule has 37 heteroatoms. The van der Waals surface area contributed by atoms with Gasteiger partial charge in [-0.2, -0.15) is 37.5 Å². The molecule has 0 amide bonds. The molecular weight excluding hydrogens is 1110 g/mol. The fraction of sp³-hybridized carbons (Fsp3) is 0.234. The molecule has 0 saturated carbocycles. The summed E-state index contributed by atoms with van der Waals surface area (Å²) in [5.74, 6) is 4.98. The summed E-state index contributed by atoms with van der Waals surface area (Å²) in [4.78, 5) is 47.8. The van der Waals surface area contributed by atoms with Gasteiger partial charge in [-0.1, -0.05) is 6.58 Å². The molecule has 434 valence electrons. The topological polar surface area (TPSA) is 424 Å². The van der Waals surface area contributed by atoms with E-state index in [1.165, 1.54) is 90.2 Å². The second-order valence-electron chi connectivity index (χ2n) is 16.5. The van der Waals surface area contributed by atoms with E-state index in [9.17, 15) is 19.2 Å². The number of aryl methyl sites for hydroxylation is 5. The molecule has 12 aromatic heterocycles. The van der Waals surface area contributed by atoms with Gasteiger partial charge in [0, 0.05) is 77.2 Å². The van der Waals surface area contributed by atoms with Crippen molar-refractivity contribution in [1.29, 1.82) is 0 Å². The highest BCUT2D eigenvalue weighted by molar-refractivity contribution is 5.53. The molecule has 0 bridgehead atoms. The van der Waals surface area contributed by atoms with Crippen LogP contribution >= 0.6 is 0 Å². The average molecular weight is 1170 g/mol. The van der Waals surface area contributed by atoms with Crippen molar-refractivity contribution in [3.05, 3.63) is 162 Å². The molecule has 4 N–H and O–H groups in total. The van der Waals surface area contributed by atoms with Gasteiger partial charge in [-0.05, 0) is 67.6 Å². The zero-order chi connectivity index (χ0) is 62.8. The van der Waals surface area contributed by atoms with Gasteiger partial charge in [-0.25, -0.2) is 19.2 Å². The van der Waals surface area contributed by atoms with E-state index in [1.807, 2.05) is 6.92 Å². The molecule has 12 heterocycles. The van der Waals surface area contributed by atoms with Gasteiger partial charge in [-0.3, -0.25) is 20.4 Å². The largest absolute Gasteiger partial charge is 0.472 e. The highest BCUT2D eigenvalue weighted by Gasteiger charge is 2.23. The van der Waals surface area contributed by atoms with Gasteiger partial charge in [0.2, 0.25) is 23.5 Å². The molecule has 0 unspecified atom stereocenters. The van der Waals surface area contributed by atoms with E-state index in [-0.39, 0.29) is 61.5 Å². The van der Waals surface area contributed by atoms with Gasteiger partial charge < -0.3 is 41.4 Å².